The standard InChI is InChI=1S/C9H15NO/c1-6-4-7(10)5-9(2,3)8(6)11/h4,7H,5,10H2,1-3H3. The van der Waals surface area contributed by atoms with Gasteiger partial charge in [0.25, 0.3) is 0 Å². The van der Waals surface area contributed by atoms with Gasteiger partial charge in [-0.2, -0.15) is 0 Å². The van der Waals surface area contributed by atoms with Crippen molar-refractivity contribution in [1.29, 1.82) is 0 Å². The number of nitrogens with two attached hydrogens (primary N) is 1. The van der Waals surface area contributed by atoms with Gasteiger partial charge < -0.3 is 5.73 Å². The molecule has 0 heterocycles. The van der Waals surface area contributed by atoms with Crippen LogP contribution in [-0.2, 0) is 4.79 Å². The van der Waals surface area contributed by atoms with Gasteiger partial charge in [-0.15, -0.1) is 0 Å². The smallest absolute Gasteiger partial charge is 0.163 e. The monoisotopic (exact) mass is 153 g/mol. The van der Waals surface area contributed by atoms with Gasteiger partial charge in [-0.3, -0.25) is 4.79 Å². The van der Waals surface area contributed by atoms with Crippen molar-refractivity contribution >= 4 is 5.78 Å². The van der Waals surface area contributed by atoms with Crippen LogP contribution >= 0.6 is 0 Å². The minimum absolute atomic E-state index is 0.0581. The molecule has 2 N–H and O–H groups in total. The molecule has 2 nitrogen and oxygen atoms in total. The number of carbonyl (C=O) groups excluding carboxylic acids is 1. The molecule has 0 spiro atoms. The molecule has 0 aromatic carbocycles. The Morgan fingerprint density at radius 2 is 2.18 bits per heavy atom. The van der Waals surface area contributed by atoms with E-state index < -0.39 is 0 Å². The number of hydrogen-bond acceptors (Lipinski definition) is 2. The molecule has 11 heavy (non-hydrogen) atoms. The van der Waals surface area contributed by atoms with E-state index in [1.807, 2.05) is 26.8 Å². The van der Waals surface area contributed by atoms with Crippen LogP contribution in [0.3, 0.4) is 0 Å². The first-order valence-electron chi connectivity index (χ1n) is 3.92. The molecule has 0 saturated heterocycles. The summed E-state index contributed by atoms with van der Waals surface area (Å²) >= 11 is 0. The minimum Gasteiger partial charge on any atom is -0.324 e. The molecule has 2 heteroatoms. The topological polar surface area (TPSA) is 43.1 Å². The third-order valence-electron chi connectivity index (χ3n) is 2.18. The second-order valence-electron chi connectivity index (χ2n) is 3.93. The highest BCUT2D eigenvalue weighted by Gasteiger charge is 2.33. The van der Waals surface area contributed by atoms with Crippen LogP contribution in [0.2, 0.25) is 0 Å². The molecule has 0 aromatic heterocycles. The molecular weight excluding hydrogens is 138 g/mol. The fourth-order valence-electron chi connectivity index (χ4n) is 1.67. The molecule has 0 saturated carbocycles. The van der Waals surface area contributed by atoms with Crippen LogP contribution in [-0.4, -0.2) is 11.8 Å². The first-order chi connectivity index (χ1) is 4.93. The third-order valence-corrected chi connectivity index (χ3v) is 2.18. The van der Waals surface area contributed by atoms with Gasteiger partial charge in [0.05, 0.1) is 0 Å². The molecule has 1 atom stereocenters. The molecule has 0 aromatic rings. The summed E-state index contributed by atoms with van der Waals surface area (Å²) in [6, 6.07) is 0.0581. The van der Waals surface area contributed by atoms with Crippen molar-refractivity contribution in [2.24, 2.45) is 11.1 Å². The average Bonchev–Trinajstić information content (AvgIpc) is 1.81. The van der Waals surface area contributed by atoms with Crippen LogP contribution in [0.4, 0.5) is 0 Å². The maximum atomic E-state index is 11.5. The molecule has 1 rings (SSSR count). The summed E-state index contributed by atoms with van der Waals surface area (Å²) in [5.74, 6) is 0.235. The summed E-state index contributed by atoms with van der Waals surface area (Å²) in [6.07, 6.45) is 2.62. The van der Waals surface area contributed by atoms with Gasteiger partial charge in [0, 0.05) is 11.5 Å². The second kappa shape index (κ2) is 2.45. The maximum Gasteiger partial charge on any atom is 0.163 e. The Labute approximate surface area is 67.5 Å². The maximum absolute atomic E-state index is 11.5. The Hall–Kier alpha value is -0.630. The van der Waals surface area contributed by atoms with Gasteiger partial charge in [0.2, 0.25) is 0 Å². The molecule has 0 bridgehead atoms. The Bertz CT molecular complexity index is 216. The first-order valence-corrected chi connectivity index (χ1v) is 3.92. The van der Waals surface area contributed by atoms with Gasteiger partial charge in [0.15, 0.2) is 5.78 Å². The molecule has 0 amide bonds. The minimum atomic E-state index is -0.252. The van der Waals surface area contributed by atoms with Gasteiger partial charge >= 0.3 is 0 Å². The Balaban J connectivity index is 2.96. The van der Waals surface area contributed by atoms with E-state index in [1.165, 1.54) is 0 Å². The normalized spacial score (nSPS) is 30.0. The van der Waals surface area contributed by atoms with Crippen molar-refractivity contribution < 1.29 is 4.79 Å². The number of rotatable bonds is 0. The lowest BCUT2D eigenvalue weighted by Crippen LogP contribution is -2.37. The highest BCUT2D eigenvalue weighted by molar-refractivity contribution is 5.99. The molecular formula is C9H15NO. The number of Topliss-reactive ketones (excluding diaryl/α,β-unsaturated/α-hetero) is 1. The molecule has 0 aliphatic heterocycles. The molecule has 1 aliphatic rings. The van der Waals surface area contributed by atoms with Crippen LogP contribution in [0.5, 0.6) is 0 Å². The Kier molecular flexibility index (Phi) is 1.89. The van der Waals surface area contributed by atoms with Crippen LogP contribution in [0.15, 0.2) is 11.6 Å². The Morgan fingerprint density at radius 3 is 2.64 bits per heavy atom. The van der Waals surface area contributed by atoms with Crippen molar-refractivity contribution in [2.75, 3.05) is 0 Å². The molecule has 1 aliphatic carbocycles. The van der Waals surface area contributed by atoms with E-state index in [4.69, 9.17) is 5.73 Å². The molecule has 1 unspecified atom stereocenters. The fourth-order valence-corrected chi connectivity index (χ4v) is 1.67. The lowest BCUT2D eigenvalue weighted by molar-refractivity contribution is -0.124. The van der Waals surface area contributed by atoms with E-state index in [9.17, 15) is 4.79 Å². The van der Waals surface area contributed by atoms with E-state index in [1.54, 1.807) is 0 Å². The van der Waals surface area contributed by atoms with Crippen molar-refractivity contribution in [1.82, 2.24) is 0 Å². The van der Waals surface area contributed by atoms with Gasteiger partial charge in [0.1, 0.15) is 0 Å². The number of hydrogen-bond donors (Lipinski definition) is 1. The fraction of sp³-hybridized carbons (Fsp3) is 0.667. The highest BCUT2D eigenvalue weighted by Crippen LogP contribution is 2.30. The van der Waals surface area contributed by atoms with Gasteiger partial charge in [-0.05, 0) is 18.9 Å². The zero-order valence-electron chi connectivity index (χ0n) is 7.35. The van der Waals surface area contributed by atoms with Crippen LogP contribution in [0.1, 0.15) is 27.2 Å². The van der Waals surface area contributed by atoms with Crippen molar-refractivity contribution in [3.05, 3.63) is 11.6 Å². The molecule has 0 radical (unpaired) electrons. The van der Waals surface area contributed by atoms with Crippen LogP contribution in [0.25, 0.3) is 0 Å². The van der Waals surface area contributed by atoms with Crippen molar-refractivity contribution in [2.45, 2.75) is 33.2 Å². The van der Waals surface area contributed by atoms with Gasteiger partial charge in [-0.25, -0.2) is 0 Å². The van der Waals surface area contributed by atoms with E-state index in [0.717, 1.165) is 12.0 Å². The number of allylic oxidation sites excluding steroid dienone is 1. The van der Waals surface area contributed by atoms with E-state index >= 15 is 0 Å². The number of ketones is 1. The number of carbonyl (C=O) groups is 1. The van der Waals surface area contributed by atoms with Gasteiger partial charge in [-0.1, -0.05) is 19.9 Å². The summed E-state index contributed by atoms with van der Waals surface area (Å²) in [7, 11) is 0. The summed E-state index contributed by atoms with van der Waals surface area (Å²) < 4.78 is 0. The van der Waals surface area contributed by atoms with Crippen molar-refractivity contribution in [3.8, 4) is 0 Å². The average molecular weight is 153 g/mol. The Morgan fingerprint density at radius 1 is 1.64 bits per heavy atom. The van der Waals surface area contributed by atoms with Crippen LogP contribution in [0, 0.1) is 5.41 Å². The van der Waals surface area contributed by atoms with Crippen LogP contribution < -0.4 is 5.73 Å². The largest absolute Gasteiger partial charge is 0.324 e. The predicted molar refractivity (Wildman–Crippen MR) is 45.1 cm³/mol. The third kappa shape index (κ3) is 1.51. The SMILES string of the molecule is CC1=CC(N)CC(C)(C)C1=O. The second-order valence-corrected chi connectivity index (χ2v) is 3.93. The lowest BCUT2D eigenvalue weighted by Gasteiger charge is -2.30. The lowest BCUT2D eigenvalue weighted by atomic mass is 9.75. The molecule has 62 valence electrons. The van der Waals surface area contributed by atoms with E-state index in [-0.39, 0.29) is 17.2 Å². The predicted octanol–water partition coefficient (Wildman–Crippen LogP) is 1.26. The van der Waals surface area contributed by atoms with E-state index in [2.05, 4.69) is 0 Å². The summed E-state index contributed by atoms with van der Waals surface area (Å²) in [5, 5.41) is 0. The van der Waals surface area contributed by atoms with Crippen molar-refractivity contribution in [3.63, 3.8) is 0 Å². The first kappa shape index (κ1) is 8.47. The summed E-state index contributed by atoms with van der Waals surface area (Å²) in [4.78, 5) is 11.5. The molecule has 0 fully saturated rings. The summed E-state index contributed by atoms with van der Waals surface area (Å²) in [6.45, 7) is 5.74. The zero-order chi connectivity index (χ0) is 8.65. The zero-order valence-corrected chi connectivity index (χ0v) is 7.35. The highest BCUT2D eigenvalue weighted by atomic mass is 16.1. The summed E-state index contributed by atoms with van der Waals surface area (Å²) in [5.41, 5.74) is 6.30. The van der Waals surface area contributed by atoms with E-state index in [0.29, 0.717) is 0 Å². The quantitative estimate of drug-likeness (QED) is 0.569.